The van der Waals surface area contributed by atoms with Crippen LogP contribution in [0.2, 0.25) is 0 Å². The van der Waals surface area contributed by atoms with Gasteiger partial charge < -0.3 is 35.6 Å². The molecule has 0 spiro atoms. The first-order chi connectivity index (χ1) is 23.2. The summed E-state index contributed by atoms with van der Waals surface area (Å²) in [5.41, 5.74) is 2.34. The van der Waals surface area contributed by atoms with Crippen molar-refractivity contribution in [2.45, 2.75) is 57.7 Å². The first-order valence-electron chi connectivity index (χ1n) is 16.1. The second kappa shape index (κ2) is 20.8. The van der Waals surface area contributed by atoms with Gasteiger partial charge in [-0.25, -0.2) is 13.6 Å². The molecule has 1 atom stereocenters. The molecular formula is C38H44F2NO7-. The number of unbranched alkanes of at least 4 members (excludes halogenated alkanes) is 4. The number of benzene rings is 4. The van der Waals surface area contributed by atoms with Gasteiger partial charge in [-0.2, -0.15) is 0 Å². The van der Waals surface area contributed by atoms with Gasteiger partial charge in [0.2, 0.25) is 0 Å². The maximum absolute atomic E-state index is 13.5. The van der Waals surface area contributed by atoms with E-state index < -0.39 is 35.0 Å². The molecule has 5 N–H and O–H groups in total. The van der Waals surface area contributed by atoms with Crippen LogP contribution in [0.25, 0.3) is 11.1 Å². The molecule has 0 bridgehead atoms. The predicted octanol–water partition coefficient (Wildman–Crippen LogP) is 6.51. The summed E-state index contributed by atoms with van der Waals surface area (Å²) in [6, 6.07) is 21.8. The number of hydrogen-bond acceptors (Lipinski definition) is 7. The fourth-order valence-corrected chi connectivity index (χ4v) is 4.97. The van der Waals surface area contributed by atoms with E-state index in [0.717, 1.165) is 76.5 Å². The zero-order valence-electron chi connectivity index (χ0n) is 26.9. The largest absolute Gasteiger partial charge is 0.872 e. The Labute approximate surface area is 280 Å². The minimum atomic E-state index is -1.38. The molecule has 0 saturated carbocycles. The van der Waals surface area contributed by atoms with Crippen LogP contribution in [0, 0.1) is 11.6 Å². The van der Waals surface area contributed by atoms with Crippen LogP contribution in [0.1, 0.15) is 71.7 Å². The van der Waals surface area contributed by atoms with E-state index in [9.17, 15) is 34.0 Å². The van der Waals surface area contributed by atoms with E-state index >= 15 is 0 Å². The van der Waals surface area contributed by atoms with Crippen molar-refractivity contribution in [2.24, 2.45) is 0 Å². The summed E-state index contributed by atoms with van der Waals surface area (Å²) >= 11 is 0. The lowest BCUT2D eigenvalue weighted by atomic mass is 10.0. The summed E-state index contributed by atoms with van der Waals surface area (Å²) in [7, 11) is 0. The highest BCUT2D eigenvalue weighted by molar-refractivity contribution is 5.92. The molecule has 8 nitrogen and oxygen atoms in total. The number of carboxylic acid groups (broad SMARTS) is 1. The minimum absolute atomic E-state index is 0.0406. The number of nitrogens with one attached hydrogen (secondary N) is 1. The van der Waals surface area contributed by atoms with Crippen molar-refractivity contribution < 1.29 is 43.8 Å². The van der Waals surface area contributed by atoms with Gasteiger partial charge in [0.15, 0.2) is 0 Å². The number of hydrogen-bond donors (Lipinski definition) is 5. The summed E-state index contributed by atoms with van der Waals surface area (Å²) in [5, 5.41) is 52.3. The van der Waals surface area contributed by atoms with Crippen molar-refractivity contribution in [2.75, 3.05) is 26.3 Å². The summed E-state index contributed by atoms with van der Waals surface area (Å²) in [5.74, 6) is -3.53. The molecule has 0 aromatic heterocycles. The number of carbonyl (C=O) groups is 1. The smallest absolute Gasteiger partial charge is 0.335 e. The molecule has 0 fully saturated rings. The Morgan fingerprint density at radius 3 is 2.29 bits per heavy atom. The lowest BCUT2D eigenvalue weighted by Crippen LogP contribution is -2.22. The zero-order chi connectivity index (χ0) is 34.7. The second-order valence-corrected chi connectivity index (χ2v) is 11.4. The molecule has 4 aromatic carbocycles. The lowest BCUT2D eigenvalue weighted by Gasteiger charge is -2.14. The van der Waals surface area contributed by atoms with Crippen LogP contribution in [0.15, 0.2) is 84.9 Å². The molecule has 0 amide bonds. The van der Waals surface area contributed by atoms with Gasteiger partial charge in [0.1, 0.15) is 17.4 Å². The van der Waals surface area contributed by atoms with Gasteiger partial charge in [0, 0.05) is 37.0 Å². The number of ether oxygens (including phenoxy) is 1. The molecule has 4 aromatic rings. The fraction of sp³-hybridized carbons (Fsp3) is 0.342. The summed E-state index contributed by atoms with van der Waals surface area (Å²) in [4.78, 5) is 10.8. The highest BCUT2D eigenvalue weighted by atomic mass is 19.1. The van der Waals surface area contributed by atoms with E-state index in [0.29, 0.717) is 23.7 Å². The first kappa shape index (κ1) is 38.1. The van der Waals surface area contributed by atoms with Gasteiger partial charge >= 0.3 is 5.97 Å². The molecule has 48 heavy (non-hydrogen) atoms. The predicted molar refractivity (Wildman–Crippen MR) is 179 cm³/mol. The van der Waals surface area contributed by atoms with E-state index in [1.807, 2.05) is 0 Å². The average molecular weight is 665 g/mol. The number of halogens is 2. The lowest BCUT2D eigenvalue weighted by molar-refractivity contribution is -0.268. The average Bonchev–Trinajstić information content (AvgIpc) is 3.08. The Hall–Kier alpha value is -4.35. The van der Waals surface area contributed by atoms with E-state index in [2.05, 4.69) is 35.6 Å². The van der Waals surface area contributed by atoms with Crippen LogP contribution < -0.4 is 10.4 Å². The van der Waals surface area contributed by atoms with Gasteiger partial charge in [-0.05, 0) is 85.7 Å². The molecule has 0 aliphatic carbocycles. The molecule has 0 aliphatic heterocycles. The molecule has 0 aliphatic rings. The normalized spacial score (nSPS) is 11.5. The third-order valence-electron chi connectivity index (χ3n) is 7.69. The summed E-state index contributed by atoms with van der Waals surface area (Å²) < 4.78 is 32.0. The van der Waals surface area contributed by atoms with Crippen LogP contribution in [0.3, 0.4) is 0 Å². The van der Waals surface area contributed by atoms with Crippen LogP contribution in [-0.4, -0.2) is 52.7 Å². The van der Waals surface area contributed by atoms with Crippen molar-refractivity contribution in [3.8, 4) is 22.6 Å². The third-order valence-corrected chi connectivity index (χ3v) is 7.69. The monoisotopic (exact) mass is 664 g/mol. The first-order valence-corrected chi connectivity index (χ1v) is 16.1. The van der Waals surface area contributed by atoms with Crippen LogP contribution in [0.4, 0.5) is 8.78 Å². The standard InChI is InChI=1S/C25H37NO4.C13H8F2O3/c27-20-23-18-22(13-14-24(23)28)25(29)19-26-15-7-1-2-8-16-30-17-9-6-12-21-10-4-3-5-11-21;14-8-2-3-9(11(15)6-8)7-1-4-12(16)10(5-7)13(17)18/h3-5,10-11,13-14,18,25-29H,1-2,6-9,12,15-17,19-20H2;1-6,16H,(H,17,18)/p-1. The third kappa shape index (κ3) is 13.0. The van der Waals surface area contributed by atoms with E-state index in [1.54, 1.807) is 12.1 Å². The Morgan fingerprint density at radius 2 is 1.58 bits per heavy atom. The zero-order valence-corrected chi connectivity index (χ0v) is 26.9. The van der Waals surface area contributed by atoms with Gasteiger partial charge in [-0.3, -0.25) is 0 Å². The van der Waals surface area contributed by atoms with Crippen molar-refractivity contribution >= 4 is 5.97 Å². The van der Waals surface area contributed by atoms with Gasteiger partial charge in [0.25, 0.3) is 0 Å². The maximum atomic E-state index is 13.5. The SMILES string of the molecule is O=C(O)c1cc(-c2ccc(F)cc2F)ccc1[O-].OCc1cc(C(O)CNCCCCCCOCCCCc2ccccc2)ccc1O. The number of carboxylic acids is 1. The van der Waals surface area contributed by atoms with Gasteiger partial charge in [-0.15, -0.1) is 0 Å². The molecular weight excluding hydrogens is 620 g/mol. The Morgan fingerprint density at radius 1 is 0.854 bits per heavy atom. The van der Waals surface area contributed by atoms with Crippen LogP contribution >= 0.6 is 0 Å². The van der Waals surface area contributed by atoms with Gasteiger partial charge in [0.05, 0.1) is 18.3 Å². The van der Waals surface area contributed by atoms with E-state index in [-0.39, 0.29) is 23.5 Å². The van der Waals surface area contributed by atoms with Crippen molar-refractivity contribution in [3.63, 3.8) is 0 Å². The van der Waals surface area contributed by atoms with Crippen molar-refractivity contribution in [3.05, 3.63) is 119 Å². The Bertz CT molecular complexity index is 1550. The summed E-state index contributed by atoms with van der Waals surface area (Å²) in [6.45, 7) is 2.77. The number of rotatable bonds is 18. The highest BCUT2D eigenvalue weighted by Gasteiger charge is 2.11. The number of aryl methyl sites for hydroxylation is 1. The molecule has 0 radical (unpaired) electrons. The Balaban J connectivity index is 0.000000294. The fourth-order valence-electron chi connectivity index (χ4n) is 4.97. The minimum Gasteiger partial charge on any atom is -0.872 e. The van der Waals surface area contributed by atoms with E-state index in [1.165, 1.54) is 30.2 Å². The summed E-state index contributed by atoms with van der Waals surface area (Å²) in [6.07, 6.45) is 7.24. The molecule has 4 rings (SSSR count). The number of aromatic carboxylic acids is 1. The molecule has 258 valence electrons. The maximum Gasteiger partial charge on any atom is 0.335 e. The second-order valence-electron chi connectivity index (χ2n) is 11.4. The topological polar surface area (TPSA) is 142 Å². The van der Waals surface area contributed by atoms with Crippen molar-refractivity contribution in [1.82, 2.24) is 5.32 Å². The van der Waals surface area contributed by atoms with Crippen LogP contribution in [-0.2, 0) is 17.8 Å². The van der Waals surface area contributed by atoms with Crippen LogP contribution in [0.5, 0.6) is 11.5 Å². The van der Waals surface area contributed by atoms with E-state index in [4.69, 9.17) is 9.84 Å². The molecule has 1 unspecified atom stereocenters. The Kier molecular flexibility index (Phi) is 16.5. The number of phenols is 1. The molecule has 0 saturated heterocycles. The highest BCUT2D eigenvalue weighted by Crippen LogP contribution is 2.27. The van der Waals surface area contributed by atoms with Crippen molar-refractivity contribution in [1.29, 1.82) is 0 Å². The quantitative estimate of drug-likeness (QED) is 0.0758. The molecule has 10 heteroatoms. The number of aliphatic hydroxyl groups is 2. The molecule has 0 heterocycles. The number of aromatic hydroxyl groups is 1. The number of aliphatic hydroxyl groups excluding tert-OH is 2. The van der Waals surface area contributed by atoms with Gasteiger partial charge in [-0.1, -0.05) is 67.1 Å².